The van der Waals surface area contributed by atoms with E-state index in [0.717, 1.165) is 19.4 Å². The van der Waals surface area contributed by atoms with Gasteiger partial charge >= 0.3 is 5.97 Å². The smallest absolute Gasteiger partial charge is 0.305 e. The van der Waals surface area contributed by atoms with Gasteiger partial charge in [-0.1, -0.05) is 38.1 Å². The van der Waals surface area contributed by atoms with Gasteiger partial charge < -0.3 is 10.1 Å². The van der Waals surface area contributed by atoms with Crippen LogP contribution in [-0.4, -0.2) is 19.6 Å². The van der Waals surface area contributed by atoms with E-state index in [1.54, 1.807) is 0 Å². The third kappa shape index (κ3) is 3.16. The largest absolute Gasteiger partial charge is 0.469 e. The van der Waals surface area contributed by atoms with Crippen molar-refractivity contribution in [2.24, 2.45) is 5.41 Å². The van der Waals surface area contributed by atoms with Crippen molar-refractivity contribution >= 4 is 5.97 Å². The molecule has 0 amide bonds. The summed E-state index contributed by atoms with van der Waals surface area (Å²) in [7, 11) is 1.44. The first-order valence-corrected chi connectivity index (χ1v) is 6.92. The quantitative estimate of drug-likeness (QED) is 0.654. The highest BCUT2D eigenvalue weighted by molar-refractivity contribution is 5.69. The van der Waals surface area contributed by atoms with E-state index in [4.69, 9.17) is 0 Å². The minimum atomic E-state index is -0.132. The number of hydrogen-bond acceptors (Lipinski definition) is 3. The number of hydrogen-bond donors (Lipinski definition) is 1. The van der Waals surface area contributed by atoms with Gasteiger partial charge in [0.15, 0.2) is 0 Å². The predicted molar refractivity (Wildman–Crippen MR) is 75.9 cm³/mol. The summed E-state index contributed by atoms with van der Waals surface area (Å²) in [6, 6.07) is 9.01. The van der Waals surface area contributed by atoms with Crippen molar-refractivity contribution in [2.75, 3.05) is 13.7 Å². The molecule has 0 spiro atoms. The van der Waals surface area contributed by atoms with E-state index < -0.39 is 0 Å². The lowest BCUT2D eigenvalue weighted by atomic mass is 9.85. The normalized spacial score (nSPS) is 20.1. The molecule has 0 aromatic heterocycles. The minimum absolute atomic E-state index is 0.132. The Labute approximate surface area is 115 Å². The Balaban J connectivity index is 1.94. The average Bonchev–Trinajstić information content (AvgIpc) is 2.64. The van der Waals surface area contributed by atoms with Crippen molar-refractivity contribution in [2.45, 2.75) is 39.2 Å². The van der Waals surface area contributed by atoms with Crippen molar-refractivity contribution in [1.29, 1.82) is 0 Å². The average molecular weight is 261 g/mol. The van der Waals surface area contributed by atoms with Gasteiger partial charge in [0.05, 0.1) is 7.11 Å². The van der Waals surface area contributed by atoms with Gasteiger partial charge in [-0.25, -0.2) is 0 Å². The van der Waals surface area contributed by atoms with Crippen LogP contribution >= 0.6 is 0 Å². The van der Waals surface area contributed by atoms with Gasteiger partial charge in [0, 0.05) is 12.5 Å². The number of esters is 1. The lowest BCUT2D eigenvalue weighted by Gasteiger charge is -2.28. The minimum Gasteiger partial charge on any atom is -0.469 e. The molecule has 2 rings (SSSR count). The van der Waals surface area contributed by atoms with Gasteiger partial charge in [-0.15, -0.1) is 0 Å². The lowest BCUT2D eigenvalue weighted by molar-refractivity contribution is -0.140. The maximum Gasteiger partial charge on any atom is 0.305 e. The van der Waals surface area contributed by atoms with E-state index in [1.807, 2.05) is 0 Å². The van der Waals surface area contributed by atoms with Crippen LogP contribution in [0.15, 0.2) is 24.3 Å². The molecule has 3 heteroatoms. The van der Waals surface area contributed by atoms with Gasteiger partial charge in [0.2, 0.25) is 0 Å². The Kier molecular flexibility index (Phi) is 4.25. The zero-order valence-electron chi connectivity index (χ0n) is 12.0. The second-order valence-corrected chi connectivity index (χ2v) is 5.93. The molecule has 0 radical (unpaired) electrons. The summed E-state index contributed by atoms with van der Waals surface area (Å²) >= 11 is 0. The van der Waals surface area contributed by atoms with Gasteiger partial charge in [-0.2, -0.15) is 0 Å². The first kappa shape index (κ1) is 14.1. The molecule has 0 saturated carbocycles. The number of carbonyl (C=O) groups is 1. The fourth-order valence-corrected chi connectivity index (χ4v) is 2.96. The van der Waals surface area contributed by atoms with Crippen molar-refractivity contribution < 1.29 is 9.53 Å². The van der Waals surface area contributed by atoms with Gasteiger partial charge in [-0.05, 0) is 35.9 Å². The summed E-state index contributed by atoms with van der Waals surface area (Å²) in [5.41, 5.74) is 3.08. The SMILES string of the molecule is COC(=O)CCCNC1c2ccccc2CC1(C)C. The van der Waals surface area contributed by atoms with Gasteiger partial charge in [-0.3, -0.25) is 4.79 Å². The molecule has 1 aliphatic rings. The molecule has 1 unspecified atom stereocenters. The second kappa shape index (κ2) is 5.74. The standard InChI is InChI=1S/C16H23NO2/c1-16(2)11-12-7-4-5-8-13(12)15(16)17-10-6-9-14(18)19-3/h4-5,7-8,15,17H,6,9-11H2,1-3H3. The molecule has 1 N–H and O–H groups in total. The number of nitrogens with one attached hydrogen (secondary N) is 1. The molecular weight excluding hydrogens is 238 g/mol. The monoisotopic (exact) mass is 261 g/mol. The fourth-order valence-electron chi connectivity index (χ4n) is 2.96. The molecule has 104 valence electrons. The van der Waals surface area contributed by atoms with Crippen LogP contribution in [0, 0.1) is 5.41 Å². The highest BCUT2D eigenvalue weighted by Crippen LogP contribution is 2.44. The van der Waals surface area contributed by atoms with E-state index in [9.17, 15) is 4.79 Å². The van der Waals surface area contributed by atoms with Crippen LogP contribution in [0.2, 0.25) is 0 Å². The van der Waals surface area contributed by atoms with Crippen LogP contribution < -0.4 is 5.32 Å². The molecule has 19 heavy (non-hydrogen) atoms. The number of fused-ring (bicyclic) bond motifs is 1. The van der Waals surface area contributed by atoms with Crippen molar-refractivity contribution in [3.8, 4) is 0 Å². The van der Waals surface area contributed by atoms with Crippen molar-refractivity contribution in [1.82, 2.24) is 5.32 Å². The van der Waals surface area contributed by atoms with Crippen molar-refractivity contribution in [3.05, 3.63) is 35.4 Å². The predicted octanol–water partition coefficient (Wildman–Crippen LogP) is 2.85. The Bertz CT molecular complexity index is 454. The summed E-state index contributed by atoms with van der Waals surface area (Å²) in [6.45, 7) is 5.44. The van der Waals surface area contributed by atoms with Crippen LogP contribution in [0.4, 0.5) is 0 Å². The van der Waals surface area contributed by atoms with Gasteiger partial charge in [0.1, 0.15) is 0 Å². The number of ether oxygens (including phenoxy) is 1. The maximum atomic E-state index is 11.1. The summed E-state index contributed by atoms with van der Waals surface area (Å²) in [5, 5.41) is 3.60. The van der Waals surface area contributed by atoms with E-state index in [-0.39, 0.29) is 11.4 Å². The number of rotatable bonds is 5. The Morgan fingerprint density at radius 3 is 2.89 bits per heavy atom. The first-order chi connectivity index (χ1) is 9.04. The molecule has 0 aliphatic heterocycles. The molecule has 1 atom stereocenters. The molecule has 0 fully saturated rings. The summed E-state index contributed by atoms with van der Waals surface area (Å²) in [6.07, 6.45) is 2.41. The highest BCUT2D eigenvalue weighted by atomic mass is 16.5. The molecule has 1 aliphatic carbocycles. The lowest BCUT2D eigenvalue weighted by Crippen LogP contribution is -2.32. The number of benzene rings is 1. The zero-order valence-corrected chi connectivity index (χ0v) is 12.0. The van der Waals surface area contributed by atoms with E-state index in [1.165, 1.54) is 18.2 Å². The first-order valence-electron chi connectivity index (χ1n) is 6.92. The molecule has 3 nitrogen and oxygen atoms in total. The summed E-state index contributed by atoms with van der Waals surface area (Å²) in [5.74, 6) is -0.132. The third-order valence-electron chi connectivity index (χ3n) is 3.93. The van der Waals surface area contributed by atoms with E-state index in [0.29, 0.717) is 12.5 Å². The Morgan fingerprint density at radius 2 is 2.16 bits per heavy atom. The van der Waals surface area contributed by atoms with Gasteiger partial charge in [0.25, 0.3) is 0 Å². The van der Waals surface area contributed by atoms with Crippen LogP contribution in [-0.2, 0) is 16.0 Å². The summed E-state index contributed by atoms with van der Waals surface area (Å²) < 4.78 is 4.65. The van der Waals surface area contributed by atoms with Crippen LogP contribution in [0.1, 0.15) is 43.9 Å². The molecule has 0 bridgehead atoms. The summed E-state index contributed by atoms with van der Waals surface area (Å²) in [4.78, 5) is 11.1. The maximum absolute atomic E-state index is 11.1. The number of carbonyl (C=O) groups excluding carboxylic acids is 1. The topological polar surface area (TPSA) is 38.3 Å². The van der Waals surface area contributed by atoms with E-state index >= 15 is 0 Å². The highest BCUT2D eigenvalue weighted by Gasteiger charge is 2.37. The second-order valence-electron chi connectivity index (χ2n) is 5.93. The third-order valence-corrected chi connectivity index (χ3v) is 3.93. The molecule has 0 heterocycles. The fraction of sp³-hybridized carbons (Fsp3) is 0.562. The molecule has 1 aromatic rings. The molecular formula is C16H23NO2. The molecule has 1 aromatic carbocycles. The zero-order chi connectivity index (χ0) is 13.9. The van der Waals surface area contributed by atoms with Crippen molar-refractivity contribution in [3.63, 3.8) is 0 Å². The van der Waals surface area contributed by atoms with Crippen LogP contribution in [0.25, 0.3) is 0 Å². The van der Waals surface area contributed by atoms with Crippen LogP contribution in [0.5, 0.6) is 0 Å². The molecule has 0 saturated heterocycles. The number of methoxy groups -OCH3 is 1. The Morgan fingerprint density at radius 1 is 1.42 bits per heavy atom. The van der Waals surface area contributed by atoms with E-state index in [2.05, 4.69) is 48.2 Å². The Hall–Kier alpha value is -1.35. The van der Waals surface area contributed by atoms with Crippen LogP contribution in [0.3, 0.4) is 0 Å².